The van der Waals surface area contributed by atoms with Gasteiger partial charge in [-0.2, -0.15) is 10.2 Å². The SMILES string of the molecule is COc1ccc(CN(C)Cc2n[nH]c3c2CCCCC3)cc1Cn1cccn1. The number of benzene rings is 1. The third-order valence-electron chi connectivity index (χ3n) is 5.50. The second kappa shape index (κ2) is 8.61. The minimum atomic E-state index is 0.709. The van der Waals surface area contributed by atoms with Crippen LogP contribution in [0.4, 0.5) is 0 Å². The predicted octanol–water partition coefficient (Wildman–Crippen LogP) is 3.56. The van der Waals surface area contributed by atoms with E-state index in [0.29, 0.717) is 6.54 Å². The van der Waals surface area contributed by atoms with Crippen LogP contribution in [0.3, 0.4) is 0 Å². The Hall–Kier alpha value is -2.60. The summed E-state index contributed by atoms with van der Waals surface area (Å²) in [6.07, 6.45) is 9.95. The Balaban J connectivity index is 1.46. The summed E-state index contributed by atoms with van der Waals surface area (Å²) in [5.74, 6) is 0.902. The lowest BCUT2D eigenvalue weighted by Crippen LogP contribution is -2.18. The Kier molecular flexibility index (Phi) is 5.76. The number of hydrogen-bond donors (Lipinski definition) is 1. The molecular weight excluding hydrogens is 350 g/mol. The summed E-state index contributed by atoms with van der Waals surface area (Å²) in [7, 11) is 3.88. The molecule has 28 heavy (non-hydrogen) atoms. The van der Waals surface area contributed by atoms with Gasteiger partial charge in [-0.25, -0.2) is 0 Å². The highest BCUT2D eigenvalue weighted by Crippen LogP contribution is 2.24. The Bertz CT molecular complexity index is 900. The molecule has 0 spiro atoms. The molecule has 0 unspecified atom stereocenters. The van der Waals surface area contributed by atoms with Crippen molar-refractivity contribution in [1.29, 1.82) is 0 Å². The van der Waals surface area contributed by atoms with Gasteiger partial charge in [0, 0.05) is 36.7 Å². The van der Waals surface area contributed by atoms with Crippen molar-refractivity contribution in [2.24, 2.45) is 0 Å². The fraction of sp³-hybridized carbons (Fsp3) is 0.455. The summed E-state index contributed by atoms with van der Waals surface area (Å²) >= 11 is 0. The van der Waals surface area contributed by atoms with Crippen LogP contribution >= 0.6 is 0 Å². The lowest BCUT2D eigenvalue weighted by Gasteiger charge is -2.18. The number of H-pyrrole nitrogens is 1. The minimum absolute atomic E-state index is 0.709. The highest BCUT2D eigenvalue weighted by atomic mass is 16.5. The summed E-state index contributed by atoms with van der Waals surface area (Å²) in [5, 5.41) is 12.2. The molecule has 0 bridgehead atoms. The van der Waals surface area contributed by atoms with E-state index in [1.165, 1.54) is 41.8 Å². The van der Waals surface area contributed by atoms with Crippen molar-refractivity contribution in [1.82, 2.24) is 24.9 Å². The molecule has 2 heterocycles. The summed E-state index contributed by atoms with van der Waals surface area (Å²) in [6, 6.07) is 8.37. The maximum absolute atomic E-state index is 5.54. The molecule has 0 fully saturated rings. The molecule has 0 aliphatic heterocycles. The van der Waals surface area contributed by atoms with Crippen molar-refractivity contribution in [3.8, 4) is 5.75 Å². The molecule has 148 valence electrons. The second-order valence-electron chi connectivity index (χ2n) is 7.71. The van der Waals surface area contributed by atoms with Crippen LogP contribution in [0.25, 0.3) is 0 Å². The van der Waals surface area contributed by atoms with Crippen molar-refractivity contribution in [2.45, 2.75) is 51.7 Å². The van der Waals surface area contributed by atoms with E-state index in [2.05, 4.69) is 45.4 Å². The van der Waals surface area contributed by atoms with E-state index in [1.807, 2.05) is 16.9 Å². The third-order valence-corrected chi connectivity index (χ3v) is 5.50. The van der Waals surface area contributed by atoms with Gasteiger partial charge in [-0.3, -0.25) is 14.7 Å². The van der Waals surface area contributed by atoms with Gasteiger partial charge in [0.1, 0.15) is 5.75 Å². The number of hydrogen-bond acceptors (Lipinski definition) is 4. The molecule has 0 saturated heterocycles. The lowest BCUT2D eigenvalue weighted by molar-refractivity contribution is 0.313. The molecule has 0 atom stereocenters. The highest BCUT2D eigenvalue weighted by molar-refractivity contribution is 5.37. The number of nitrogens with one attached hydrogen (secondary N) is 1. The summed E-state index contributed by atoms with van der Waals surface area (Å²) in [5.41, 5.74) is 6.44. The van der Waals surface area contributed by atoms with E-state index < -0.39 is 0 Å². The predicted molar refractivity (Wildman–Crippen MR) is 109 cm³/mol. The van der Waals surface area contributed by atoms with Gasteiger partial charge in [0.2, 0.25) is 0 Å². The van der Waals surface area contributed by atoms with Gasteiger partial charge in [-0.1, -0.05) is 12.5 Å². The molecule has 1 aromatic carbocycles. The van der Waals surface area contributed by atoms with Crippen molar-refractivity contribution in [2.75, 3.05) is 14.2 Å². The molecule has 6 nitrogen and oxygen atoms in total. The Morgan fingerprint density at radius 2 is 2.07 bits per heavy atom. The van der Waals surface area contributed by atoms with Gasteiger partial charge in [0.05, 0.1) is 19.3 Å². The number of nitrogens with zero attached hydrogens (tertiary/aromatic N) is 4. The van der Waals surface area contributed by atoms with E-state index in [-0.39, 0.29) is 0 Å². The zero-order valence-electron chi connectivity index (χ0n) is 16.8. The van der Waals surface area contributed by atoms with Gasteiger partial charge < -0.3 is 4.74 Å². The van der Waals surface area contributed by atoms with Gasteiger partial charge in [0.15, 0.2) is 0 Å². The quantitative estimate of drug-likeness (QED) is 0.638. The van der Waals surface area contributed by atoms with E-state index in [4.69, 9.17) is 4.74 Å². The first-order valence-electron chi connectivity index (χ1n) is 10.1. The molecule has 4 rings (SSSR count). The van der Waals surface area contributed by atoms with Crippen molar-refractivity contribution in [3.63, 3.8) is 0 Å². The summed E-state index contributed by atoms with van der Waals surface area (Å²) < 4.78 is 7.47. The van der Waals surface area contributed by atoms with E-state index in [9.17, 15) is 0 Å². The molecule has 1 aliphatic rings. The van der Waals surface area contributed by atoms with Gasteiger partial charge in [-0.05, 0) is 62.1 Å². The first kappa shape index (κ1) is 18.7. The minimum Gasteiger partial charge on any atom is -0.496 e. The highest BCUT2D eigenvalue weighted by Gasteiger charge is 2.17. The van der Waals surface area contributed by atoms with Crippen molar-refractivity contribution >= 4 is 0 Å². The molecule has 1 aliphatic carbocycles. The standard InChI is InChI=1S/C22H29N5O/c1-26(16-21-19-7-4-3-5-8-20(19)24-25-21)14-17-9-10-22(28-2)18(13-17)15-27-12-6-11-23-27/h6,9-13H,3-5,7-8,14-16H2,1-2H3,(H,24,25). The fourth-order valence-electron chi connectivity index (χ4n) is 4.10. The first-order chi connectivity index (χ1) is 13.7. The number of ether oxygens (including phenoxy) is 1. The summed E-state index contributed by atoms with van der Waals surface area (Å²) in [4.78, 5) is 2.33. The van der Waals surface area contributed by atoms with Crippen LogP contribution in [0.15, 0.2) is 36.7 Å². The maximum atomic E-state index is 5.54. The second-order valence-corrected chi connectivity index (χ2v) is 7.71. The molecule has 0 radical (unpaired) electrons. The van der Waals surface area contributed by atoms with Crippen LogP contribution < -0.4 is 4.74 Å². The number of fused-ring (bicyclic) bond motifs is 1. The van der Waals surface area contributed by atoms with Crippen LogP contribution in [0.1, 0.15) is 47.3 Å². The normalized spacial score (nSPS) is 14.1. The number of methoxy groups -OCH3 is 1. The molecule has 1 N–H and O–H groups in total. The van der Waals surface area contributed by atoms with Gasteiger partial charge in [0.25, 0.3) is 0 Å². The first-order valence-corrected chi connectivity index (χ1v) is 10.1. The largest absolute Gasteiger partial charge is 0.496 e. The number of rotatable bonds is 7. The number of aromatic nitrogens is 4. The van der Waals surface area contributed by atoms with E-state index in [0.717, 1.165) is 37.2 Å². The zero-order chi connectivity index (χ0) is 19.3. The molecular formula is C22H29N5O. The lowest BCUT2D eigenvalue weighted by atomic mass is 10.1. The fourth-order valence-corrected chi connectivity index (χ4v) is 4.10. The molecule has 6 heteroatoms. The molecule has 2 aromatic heterocycles. The monoisotopic (exact) mass is 379 g/mol. The Labute approximate surface area is 166 Å². The van der Waals surface area contributed by atoms with Crippen molar-refractivity contribution < 1.29 is 4.74 Å². The molecule has 0 saturated carbocycles. The number of aryl methyl sites for hydroxylation is 1. The maximum Gasteiger partial charge on any atom is 0.123 e. The van der Waals surface area contributed by atoms with E-state index in [1.54, 1.807) is 13.3 Å². The van der Waals surface area contributed by atoms with Gasteiger partial charge in [-0.15, -0.1) is 0 Å². The van der Waals surface area contributed by atoms with Crippen LogP contribution in [-0.2, 0) is 32.5 Å². The van der Waals surface area contributed by atoms with Crippen molar-refractivity contribution in [3.05, 3.63) is 64.7 Å². The summed E-state index contributed by atoms with van der Waals surface area (Å²) in [6.45, 7) is 2.45. The average Bonchev–Trinajstić information content (AvgIpc) is 3.26. The Morgan fingerprint density at radius 3 is 2.89 bits per heavy atom. The van der Waals surface area contributed by atoms with Crippen LogP contribution in [0, 0.1) is 0 Å². The van der Waals surface area contributed by atoms with Crippen LogP contribution in [0.2, 0.25) is 0 Å². The van der Waals surface area contributed by atoms with E-state index >= 15 is 0 Å². The van der Waals surface area contributed by atoms with Gasteiger partial charge >= 0.3 is 0 Å². The Morgan fingerprint density at radius 1 is 1.18 bits per heavy atom. The smallest absolute Gasteiger partial charge is 0.123 e. The third kappa shape index (κ3) is 4.28. The number of aromatic amines is 1. The zero-order valence-corrected chi connectivity index (χ0v) is 16.8. The average molecular weight is 380 g/mol. The molecule has 0 amide bonds. The molecule has 3 aromatic rings. The topological polar surface area (TPSA) is 59.0 Å². The van der Waals surface area contributed by atoms with Crippen LogP contribution in [-0.4, -0.2) is 39.0 Å². The van der Waals surface area contributed by atoms with Crippen LogP contribution in [0.5, 0.6) is 5.75 Å².